The van der Waals surface area contributed by atoms with E-state index in [1.165, 1.54) is 6.42 Å². The van der Waals surface area contributed by atoms with Crippen molar-refractivity contribution >= 4 is 22.7 Å². The molecule has 3 unspecified atom stereocenters. The minimum atomic E-state index is -0.309. The summed E-state index contributed by atoms with van der Waals surface area (Å²) in [6, 6.07) is 7.74. The van der Waals surface area contributed by atoms with E-state index in [1.54, 1.807) is 6.20 Å². The normalized spacial score (nSPS) is 25.6. The number of aryl methyl sites for hydroxylation is 1. The van der Waals surface area contributed by atoms with Gasteiger partial charge < -0.3 is 4.57 Å². The fourth-order valence-corrected chi connectivity index (χ4v) is 4.09. The second-order valence-corrected chi connectivity index (χ2v) is 6.94. The molecule has 1 aliphatic heterocycles. The van der Waals surface area contributed by atoms with Gasteiger partial charge in [0, 0.05) is 36.1 Å². The average molecular weight is 341 g/mol. The monoisotopic (exact) mass is 341 g/mol. The van der Waals surface area contributed by atoms with Gasteiger partial charge in [-0.2, -0.15) is 0 Å². The zero-order valence-electron chi connectivity index (χ0n) is 14.2. The summed E-state index contributed by atoms with van der Waals surface area (Å²) >= 11 is 0. The number of amides is 2. The molecule has 132 valence electrons. The third-order valence-corrected chi connectivity index (χ3v) is 5.40. The van der Waals surface area contributed by atoms with Gasteiger partial charge in [-0.1, -0.05) is 31.0 Å². The first kappa shape index (κ1) is 16.1. The molecule has 7 nitrogen and oxygen atoms in total. The van der Waals surface area contributed by atoms with Crippen molar-refractivity contribution in [3.8, 4) is 0 Å². The SMILES string of the molecule is Cn1cc(C(=O)NNC(=O)C2NNC3CCCCC32)c2ccccc21. The van der Waals surface area contributed by atoms with E-state index in [-0.39, 0.29) is 23.8 Å². The molecule has 2 aromatic rings. The summed E-state index contributed by atoms with van der Waals surface area (Å²) in [6.07, 6.45) is 6.24. The summed E-state index contributed by atoms with van der Waals surface area (Å²) in [7, 11) is 1.90. The van der Waals surface area contributed by atoms with E-state index in [9.17, 15) is 9.59 Å². The van der Waals surface area contributed by atoms with Crippen LogP contribution in [0.5, 0.6) is 0 Å². The number of fused-ring (bicyclic) bond motifs is 2. The molecule has 2 fully saturated rings. The molecular formula is C18H23N5O2. The molecule has 4 rings (SSSR count). The highest BCUT2D eigenvalue weighted by molar-refractivity contribution is 6.07. The number of rotatable bonds is 2. The number of benzene rings is 1. The van der Waals surface area contributed by atoms with Crippen molar-refractivity contribution in [2.45, 2.75) is 37.8 Å². The Morgan fingerprint density at radius 1 is 1.12 bits per heavy atom. The first-order valence-corrected chi connectivity index (χ1v) is 8.80. The molecule has 2 amide bonds. The molecule has 1 saturated carbocycles. The predicted molar refractivity (Wildman–Crippen MR) is 94.3 cm³/mol. The van der Waals surface area contributed by atoms with Gasteiger partial charge in [0.2, 0.25) is 0 Å². The van der Waals surface area contributed by atoms with Crippen LogP contribution >= 0.6 is 0 Å². The Morgan fingerprint density at radius 3 is 2.80 bits per heavy atom. The fraction of sp³-hybridized carbons (Fsp3) is 0.444. The molecule has 2 aliphatic rings. The van der Waals surface area contributed by atoms with E-state index in [1.807, 2.05) is 35.9 Å². The van der Waals surface area contributed by atoms with Gasteiger partial charge >= 0.3 is 0 Å². The molecule has 1 aliphatic carbocycles. The van der Waals surface area contributed by atoms with Crippen LogP contribution in [-0.4, -0.2) is 28.5 Å². The van der Waals surface area contributed by atoms with Crippen LogP contribution in [0, 0.1) is 5.92 Å². The van der Waals surface area contributed by atoms with Crippen LogP contribution in [0.25, 0.3) is 10.9 Å². The number of hydrazine groups is 2. The van der Waals surface area contributed by atoms with Gasteiger partial charge in [-0.05, 0) is 18.9 Å². The second kappa shape index (κ2) is 6.50. The van der Waals surface area contributed by atoms with Gasteiger partial charge in [-0.15, -0.1) is 0 Å². The molecule has 1 aromatic carbocycles. The van der Waals surface area contributed by atoms with Gasteiger partial charge in [-0.3, -0.25) is 25.9 Å². The van der Waals surface area contributed by atoms with E-state index in [0.717, 1.165) is 30.2 Å². The zero-order valence-corrected chi connectivity index (χ0v) is 14.2. The summed E-state index contributed by atoms with van der Waals surface area (Å²) in [5, 5.41) is 0.866. The van der Waals surface area contributed by atoms with Gasteiger partial charge in [0.1, 0.15) is 6.04 Å². The Balaban J connectivity index is 1.42. The maximum atomic E-state index is 12.5. The number of para-hydroxylation sites is 1. The van der Waals surface area contributed by atoms with Crippen molar-refractivity contribution in [3.63, 3.8) is 0 Å². The van der Waals surface area contributed by atoms with E-state index in [0.29, 0.717) is 11.6 Å². The largest absolute Gasteiger partial charge is 0.350 e. The number of nitrogens with one attached hydrogen (secondary N) is 4. The Morgan fingerprint density at radius 2 is 1.92 bits per heavy atom. The zero-order chi connectivity index (χ0) is 17.4. The van der Waals surface area contributed by atoms with Crippen molar-refractivity contribution in [1.82, 2.24) is 26.3 Å². The van der Waals surface area contributed by atoms with Crippen molar-refractivity contribution in [2.75, 3.05) is 0 Å². The van der Waals surface area contributed by atoms with E-state index < -0.39 is 0 Å². The molecule has 2 heterocycles. The van der Waals surface area contributed by atoms with Crippen LogP contribution in [0.4, 0.5) is 0 Å². The Labute approximate surface area is 146 Å². The number of nitrogens with zero attached hydrogens (tertiary/aromatic N) is 1. The molecule has 7 heteroatoms. The topological polar surface area (TPSA) is 87.2 Å². The highest BCUT2D eigenvalue weighted by Gasteiger charge is 2.41. The number of aromatic nitrogens is 1. The lowest BCUT2D eigenvalue weighted by Crippen LogP contribution is -2.52. The highest BCUT2D eigenvalue weighted by Crippen LogP contribution is 2.30. The van der Waals surface area contributed by atoms with Crippen molar-refractivity contribution in [2.24, 2.45) is 13.0 Å². The number of carbonyl (C=O) groups excluding carboxylic acids is 2. The second-order valence-electron chi connectivity index (χ2n) is 6.94. The van der Waals surface area contributed by atoms with Crippen LogP contribution in [0.1, 0.15) is 36.0 Å². The van der Waals surface area contributed by atoms with Gasteiger partial charge in [0.15, 0.2) is 0 Å². The van der Waals surface area contributed by atoms with Crippen LogP contribution in [0.2, 0.25) is 0 Å². The minimum Gasteiger partial charge on any atom is -0.350 e. The summed E-state index contributed by atoms with van der Waals surface area (Å²) < 4.78 is 1.90. The molecule has 0 spiro atoms. The quantitative estimate of drug-likeness (QED) is 0.613. The predicted octanol–water partition coefficient (Wildman–Crippen LogP) is 0.975. The van der Waals surface area contributed by atoms with Crippen molar-refractivity contribution in [1.29, 1.82) is 0 Å². The summed E-state index contributed by atoms with van der Waals surface area (Å²) in [6.45, 7) is 0. The third-order valence-electron chi connectivity index (χ3n) is 5.40. The highest BCUT2D eigenvalue weighted by atomic mass is 16.2. The van der Waals surface area contributed by atoms with E-state index in [4.69, 9.17) is 0 Å². The maximum Gasteiger partial charge on any atom is 0.271 e. The molecule has 4 N–H and O–H groups in total. The summed E-state index contributed by atoms with van der Waals surface area (Å²) in [4.78, 5) is 25.0. The Hall–Kier alpha value is -2.38. The first-order valence-electron chi connectivity index (χ1n) is 8.80. The van der Waals surface area contributed by atoms with Gasteiger partial charge in [0.25, 0.3) is 11.8 Å². The van der Waals surface area contributed by atoms with Crippen molar-refractivity contribution in [3.05, 3.63) is 36.0 Å². The maximum absolute atomic E-state index is 12.5. The van der Waals surface area contributed by atoms with E-state index >= 15 is 0 Å². The summed E-state index contributed by atoms with van der Waals surface area (Å²) in [5.41, 5.74) is 12.9. The fourth-order valence-electron chi connectivity index (χ4n) is 4.09. The minimum absolute atomic E-state index is 0.199. The van der Waals surface area contributed by atoms with Crippen LogP contribution in [0.3, 0.4) is 0 Å². The number of hydrogen-bond acceptors (Lipinski definition) is 4. The molecule has 0 radical (unpaired) electrons. The first-order chi connectivity index (χ1) is 12.1. The van der Waals surface area contributed by atoms with Crippen LogP contribution in [-0.2, 0) is 11.8 Å². The number of carbonyl (C=O) groups is 2. The molecule has 25 heavy (non-hydrogen) atoms. The molecule has 3 atom stereocenters. The smallest absolute Gasteiger partial charge is 0.271 e. The van der Waals surface area contributed by atoms with Gasteiger partial charge in [0.05, 0.1) is 5.56 Å². The standard InChI is InChI=1S/C18H23N5O2/c1-23-10-13(11-6-3-5-9-15(11)23)17(24)21-22-18(25)16-12-7-2-4-8-14(12)19-20-16/h3,5-6,9-10,12,14,16,19-20H,2,4,7-8H2,1H3,(H,21,24)(H,22,25). The molecule has 1 aromatic heterocycles. The molecule has 1 saturated heterocycles. The lowest BCUT2D eigenvalue weighted by atomic mass is 9.81. The van der Waals surface area contributed by atoms with Gasteiger partial charge in [-0.25, -0.2) is 5.43 Å². The Kier molecular flexibility index (Phi) is 4.19. The lowest BCUT2D eigenvalue weighted by molar-refractivity contribution is -0.124. The molecular weight excluding hydrogens is 318 g/mol. The van der Waals surface area contributed by atoms with Crippen molar-refractivity contribution < 1.29 is 9.59 Å². The van der Waals surface area contributed by atoms with E-state index in [2.05, 4.69) is 21.7 Å². The van der Waals surface area contributed by atoms with Crippen LogP contribution in [0.15, 0.2) is 30.5 Å². The Bertz CT molecular complexity index is 815. The number of hydrogen-bond donors (Lipinski definition) is 4. The average Bonchev–Trinajstić information content (AvgIpc) is 3.21. The lowest BCUT2D eigenvalue weighted by Gasteiger charge is -2.26. The third kappa shape index (κ3) is 2.89. The van der Waals surface area contributed by atoms with Crippen LogP contribution < -0.4 is 21.7 Å². The molecule has 0 bridgehead atoms. The summed E-state index contributed by atoms with van der Waals surface area (Å²) in [5.74, 6) is -0.227.